The maximum Gasteiger partial charge on any atom is 0.180 e. The fraction of sp³-hybridized carbons (Fsp3) is 0.571. The molecule has 0 spiro atoms. The molecule has 0 saturated heterocycles. The number of fused-ring (bicyclic) bond motifs is 1. The van der Waals surface area contributed by atoms with E-state index >= 15 is 0 Å². The molecule has 0 amide bonds. The van der Waals surface area contributed by atoms with Crippen LogP contribution in [0.25, 0.3) is 5.65 Å². The lowest BCUT2D eigenvalue weighted by molar-refractivity contribution is 0.536. The van der Waals surface area contributed by atoms with Gasteiger partial charge in [0.05, 0.1) is 6.20 Å². The number of hydrogen-bond acceptors (Lipinski definition) is 4. The van der Waals surface area contributed by atoms with Gasteiger partial charge in [-0.3, -0.25) is 0 Å². The second kappa shape index (κ2) is 5.07. The molecule has 1 fully saturated rings. The summed E-state index contributed by atoms with van der Waals surface area (Å²) in [6.07, 6.45) is 8.50. The maximum atomic E-state index is 4.61. The Labute approximate surface area is 113 Å². The lowest BCUT2D eigenvalue weighted by Crippen LogP contribution is -2.15. The van der Waals surface area contributed by atoms with E-state index in [4.69, 9.17) is 0 Å². The van der Waals surface area contributed by atoms with Gasteiger partial charge in [0.2, 0.25) is 0 Å². The van der Waals surface area contributed by atoms with Crippen molar-refractivity contribution >= 4 is 17.3 Å². The number of nitrogens with zero attached hydrogens (tertiary/aromatic N) is 3. The molecule has 1 atom stereocenters. The molecule has 1 aliphatic carbocycles. The van der Waals surface area contributed by atoms with Crippen LogP contribution in [-0.4, -0.2) is 27.5 Å². The highest BCUT2D eigenvalue weighted by Crippen LogP contribution is 2.36. The van der Waals surface area contributed by atoms with Crippen molar-refractivity contribution in [1.29, 1.82) is 0 Å². The number of rotatable bonds is 6. The van der Waals surface area contributed by atoms with Crippen molar-refractivity contribution < 1.29 is 0 Å². The van der Waals surface area contributed by atoms with Crippen LogP contribution in [0.3, 0.4) is 0 Å². The van der Waals surface area contributed by atoms with E-state index in [1.807, 2.05) is 23.0 Å². The molecule has 2 heterocycles. The van der Waals surface area contributed by atoms with Gasteiger partial charge in [-0.1, -0.05) is 6.92 Å². The van der Waals surface area contributed by atoms with Crippen LogP contribution in [0.1, 0.15) is 26.7 Å². The molecule has 5 heteroatoms. The number of nitrogens with one attached hydrogen (secondary N) is 2. The molecule has 5 nitrogen and oxygen atoms in total. The Morgan fingerprint density at radius 1 is 1.42 bits per heavy atom. The average Bonchev–Trinajstić information content (AvgIpc) is 3.15. The van der Waals surface area contributed by atoms with E-state index in [2.05, 4.69) is 34.4 Å². The summed E-state index contributed by atoms with van der Waals surface area (Å²) < 4.78 is 2.01. The predicted octanol–water partition coefficient (Wildman–Crippen LogP) is 2.62. The van der Waals surface area contributed by atoms with Crippen molar-refractivity contribution in [3.8, 4) is 0 Å². The van der Waals surface area contributed by atoms with Crippen LogP contribution in [0.5, 0.6) is 0 Å². The van der Waals surface area contributed by atoms with Crippen molar-refractivity contribution in [2.24, 2.45) is 11.8 Å². The van der Waals surface area contributed by atoms with Gasteiger partial charge in [0, 0.05) is 25.5 Å². The van der Waals surface area contributed by atoms with E-state index in [0.29, 0.717) is 5.92 Å². The van der Waals surface area contributed by atoms with Crippen LogP contribution in [0.15, 0.2) is 18.6 Å². The highest BCUT2D eigenvalue weighted by atomic mass is 15.1. The summed E-state index contributed by atoms with van der Waals surface area (Å²) in [4.78, 5) is 8.98. The van der Waals surface area contributed by atoms with Crippen molar-refractivity contribution in [2.45, 2.75) is 26.7 Å². The monoisotopic (exact) mass is 259 g/mol. The first-order valence-electron chi connectivity index (χ1n) is 7.09. The first-order valence-corrected chi connectivity index (χ1v) is 7.09. The first-order chi connectivity index (χ1) is 9.28. The zero-order valence-electron chi connectivity index (χ0n) is 11.6. The minimum Gasteiger partial charge on any atom is -0.369 e. The Morgan fingerprint density at radius 3 is 3.00 bits per heavy atom. The third kappa shape index (κ3) is 2.64. The van der Waals surface area contributed by atoms with Gasteiger partial charge in [-0.2, -0.15) is 0 Å². The van der Waals surface area contributed by atoms with Crippen molar-refractivity contribution in [1.82, 2.24) is 14.4 Å². The number of hydrogen-bond donors (Lipinski definition) is 2. The van der Waals surface area contributed by atoms with Gasteiger partial charge in [0.25, 0.3) is 0 Å². The predicted molar refractivity (Wildman–Crippen MR) is 77.5 cm³/mol. The molecule has 1 saturated carbocycles. The Hall–Kier alpha value is -1.78. The second-order valence-corrected chi connectivity index (χ2v) is 5.36. The molecular weight excluding hydrogens is 238 g/mol. The first kappa shape index (κ1) is 12.3. The van der Waals surface area contributed by atoms with Gasteiger partial charge < -0.3 is 15.0 Å². The van der Waals surface area contributed by atoms with Crippen molar-refractivity contribution in [3.63, 3.8) is 0 Å². The van der Waals surface area contributed by atoms with Gasteiger partial charge in [0.15, 0.2) is 11.5 Å². The molecule has 0 aliphatic heterocycles. The third-order valence-corrected chi connectivity index (χ3v) is 3.75. The second-order valence-electron chi connectivity index (χ2n) is 5.36. The standard InChI is InChI=1S/C14H21N5/c1-3-15-12-9-19-7-6-16-14(19)13(18-12)17-8-10(2)11-4-5-11/h6-7,9-11,15H,3-5,8H2,1-2H3,(H,17,18). The van der Waals surface area contributed by atoms with E-state index < -0.39 is 0 Å². The largest absolute Gasteiger partial charge is 0.369 e. The van der Waals surface area contributed by atoms with E-state index in [-0.39, 0.29) is 0 Å². The van der Waals surface area contributed by atoms with Crippen LogP contribution in [0.4, 0.5) is 11.6 Å². The van der Waals surface area contributed by atoms with Gasteiger partial charge in [-0.15, -0.1) is 0 Å². The molecule has 1 aliphatic rings. The zero-order valence-corrected chi connectivity index (χ0v) is 11.6. The number of anilines is 2. The van der Waals surface area contributed by atoms with E-state index in [1.54, 1.807) is 0 Å². The van der Waals surface area contributed by atoms with Crippen molar-refractivity contribution in [2.75, 3.05) is 23.7 Å². The number of imidazole rings is 1. The van der Waals surface area contributed by atoms with Crippen LogP contribution in [0, 0.1) is 11.8 Å². The molecule has 1 unspecified atom stereocenters. The molecule has 2 aromatic heterocycles. The smallest absolute Gasteiger partial charge is 0.180 e. The molecular formula is C14H21N5. The van der Waals surface area contributed by atoms with Crippen LogP contribution >= 0.6 is 0 Å². The quantitative estimate of drug-likeness (QED) is 0.837. The van der Waals surface area contributed by atoms with Gasteiger partial charge in [-0.05, 0) is 31.6 Å². The Balaban J connectivity index is 1.80. The fourth-order valence-corrected chi connectivity index (χ4v) is 2.41. The van der Waals surface area contributed by atoms with Crippen molar-refractivity contribution in [3.05, 3.63) is 18.6 Å². The summed E-state index contributed by atoms with van der Waals surface area (Å²) >= 11 is 0. The van der Waals surface area contributed by atoms with E-state index in [9.17, 15) is 0 Å². The summed E-state index contributed by atoms with van der Waals surface area (Å²) in [6.45, 7) is 6.21. The molecule has 3 rings (SSSR count). The summed E-state index contributed by atoms with van der Waals surface area (Å²) in [5.41, 5.74) is 0.893. The van der Waals surface area contributed by atoms with E-state index in [1.165, 1.54) is 12.8 Å². The molecule has 0 bridgehead atoms. The summed E-state index contributed by atoms with van der Waals surface area (Å²) in [5, 5.41) is 6.71. The minimum absolute atomic E-state index is 0.708. The lowest BCUT2D eigenvalue weighted by Gasteiger charge is -2.13. The maximum absolute atomic E-state index is 4.61. The van der Waals surface area contributed by atoms with Crippen LogP contribution in [-0.2, 0) is 0 Å². The lowest BCUT2D eigenvalue weighted by atomic mass is 10.1. The fourth-order valence-electron chi connectivity index (χ4n) is 2.41. The molecule has 102 valence electrons. The molecule has 2 N–H and O–H groups in total. The highest BCUT2D eigenvalue weighted by Gasteiger charge is 2.27. The molecule has 0 aromatic carbocycles. The SMILES string of the molecule is CCNc1cn2ccnc2c(NCC(C)C2CC2)n1. The van der Waals surface area contributed by atoms with Crippen LogP contribution in [0.2, 0.25) is 0 Å². The van der Waals surface area contributed by atoms with Gasteiger partial charge >= 0.3 is 0 Å². The van der Waals surface area contributed by atoms with Gasteiger partial charge in [-0.25, -0.2) is 9.97 Å². The summed E-state index contributed by atoms with van der Waals surface area (Å²) in [5.74, 6) is 3.37. The van der Waals surface area contributed by atoms with E-state index in [0.717, 1.165) is 36.3 Å². The molecule has 0 radical (unpaired) electrons. The zero-order chi connectivity index (χ0) is 13.2. The summed E-state index contributed by atoms with van der Waals surface area (Å²) in [6, 6.07) is 0. The minimum atomic E-state index is 0.708. The Bertz CT molecular complexity index is 558. The topological polar surface area (TPSA) is 54.2 Å². The summed E-state index contributed by atoms with van der Waals surface area (Å²) in [7, 11) is 0. The molecule has 2 aromatic rings. The highest BCUT2D eigenvalue weighted by molar-refractivity contribution is 5.65. The Morgan fingerprint density at radius 2 is 2.26 bits per heavy atom. The molecule has 19 heavy (non-hydrogen) atoms. The average molecular weight is 259 g/mol. The normalized spacial score (nSPS) is 16.5. The Kier molecular flexibility index (Phi) is 3.27. The van der Waals surface area contributed by atoms with Gasteiger partial charge in [0.1, 0.15) is 5.82 Å². The third-order valence-electron chi connectivity index (χ3n) is 3.75. The van der Waals surface area contributed by atoms with Crippen LogP contribution < -0.4 is 10.6 Å². The number of aromatic nitrogens is 3.